The van der Waals surface area contributed by atoms with Gasteiger partial charge in [-0.2, -0.15) is 0 Å². The highest BCUT2D eigenvalue weighted by Crippen LogP contribution is 2.30. The molecular weight excluding hydrogens is 272 g/mol. The summed E-state index contributed by atoms with van der Waals surface area (Å²) >= 11 is 0. The van der Waals surface area contributed by atoms with Crippen LogP contribution in [0.15, 0.2) is 55.1 Å². The third kappa shape index (κ3) is 2.55. The highest BCUT2D eigenvalue weighted by atomic mass is 16.3. The Morgan fingerprint density at radius 1 is 1.00 bits per heavy atom. The summed E-state index contributed by atoms with van der Waals surface area (Å²) in [6.07, 6.45) is 4.80. The molecule has 0 saturated carbocycles. The van der Waals surface area contributed by atoms with E-state index in [1.54, 1.807) is 12.5 Å². The fraction of sp³-hybridized carbons (Fsp3) is 0.211. The van der Waals surface area contributed by atoms with Crippen molar-refractivity contribution >= 4 is 0 Å². The summed E-state index contributed by atoms with van der Waals surface area (Å²) in [6.45, 7) is 6.12. The van der Waals surface area contributed by atoms with E-state index in [1.807, 2.05) is 67.9 Å². The zero-order chi connectivity index (χ0) is 15.7. The fourth-order valence-electron chi connectivity index (χ4n) is 2.91. The number of imidazole rings is 1. The Labute approximate surface area is 130 Å². The normalized spacial score (nSPS) is 12.4. The van der Waals surface area contributed by atoms with Gasteiger partial charge in [0, 0.05) is 18.1 Å². The van der Waals surface area contributed by atoms with Gasteiger partial charge >= 0.3 is 0 Å². The van der Waals surface area contributed by atoms with Crippen molar-refractivity contribution in [3.05, 3.63) is 82.9 Å². The topological polar surface area (TPSA) is 38.0 Å². The average molecular weight is 292 g/mol. The predicted octanol–water partition coefficient (Wildman–Crippen LogP) is 3.88. The molecule has 3 aromatic rings. The fourth-order valence-corrected chi connectivity index (χ4v) is 2.91. The van der Waals surface area contributed by atoms with E-state index in [9.17, 15) is 5.11 Å². The minimum absolute atomic E-state index is 0.621. The molecule has 1 heterocycles. The number of benzene rings is 2. The van der Waals surface area contributed by atoms with Crippen molar-refractivity contribution in [2.24, 2.45) is 0 Å². The molecule has 22 heavy (non-hydrogen) atoms. The molecule has 0 unspecified atom stereocenters. The van der Waals surface area contributed by atoms with Crippen molar-refractivity contribution in [2.45, 2.75) is 26.9 Å². The Kier molecular flexibility index (Phi) is 3.82. The molecule has 0 spiro atoms. The predicted molar refractivity (Wildman–Crippen MR) is 88.3 cm³/mol. The number of rotatable bonds is 3. The zero-order valence-electron chi connectivity index (χ0n) is 13.1. The molecule has 0 saturated heterocycles. The summed E-state index contributed by atoms with van der Waals surface area (Å²) in [4.78, 5) is 4.08. The van der Waals surface area contributed by atoms with Crippen LogP contribution in [0.4, 0.5) is 0 Å². The third-order valence-electron chi connectivity index (χ3n) is 4.18. The monoisotopic (exact) mass is 292 g/mol. The summed E-state index contributed by atoms with van der Waals surface area (Å²) in [7, 11) is 0. The first-order valence-corrected chi connectivity index (χ1v) is 7.41. The molecule has 0 fully saturated rings. The number of aromatic nitrogens is 2. The Morgan fingerprint density at radius 3 is 2.36 bits per heavy atom. The highest BCUT2D eigenvalue weighted by molar-refractivity contribution is 5.47. The lowest BCUT2D eigenvalue weighted by molar-refractivity contribution is 0.218. The number of aliphatic hydroxyl groups excluding tert-OH is 1. The van der Waals surface area contributed by atoms with Gasteiger partial charge in [-0.05, 0) is 60.7 Å². The lowest BCUT2D eigenvalue weighted by Crippen LogP contribution is -2.07. The van der Waals surface area contributed by atoms with E-state index in [-0.39, 0.29) is 0 Å². The highest BCUT2D eigenvalue weighted by Gasteiger charge is 2.17. The first-order valence-electron chi connectivity index (χ1n) is 7.41. The number of aryl methyl sites for hydroxylation is 3. The van der Waals surface area contributed by atoms with E-state index in [0.717, 1.165) is 33.5 Å². The second-order valence-corrected chi connectivity index (χ2v) is 5.72. The molecule has 1 N–H and O–H groups in total. The van der Waals surface area contributed by atoms with Crippen LogP contribution < -0.4 is 0 Å². The van der Waals surface area contributed by atoms with Crippen LogP contribution in [0.25, 0.3) is 5.69 Å². The summed E-state index contributed by atoms with van der Waals surface area (Å²) in [5.41, 5.74) is 6.24. The molecule has 0 bridgehead atoms. The molecule has 3 rings (SSSR count). The number of hydrogen-bond donors (Lipinski definition) is 1. The second kappa shape index (κ2) is 5.78. The van der Waals surface area contributed by atoms with Crippen molar-refractivity contribution in [1.82, 2.24) is 9.55 Å². The van der Waals surface area contributed by atoms with Crippen molar-refractivity contribution in [2.75, 3.05) is 0 Å². The van der Waals surface area contributed by atoms with Crippen molar-refractivity contribution in [3.63, 3.8) is 0 Å². The van der Waals surface area contributed by atoms with E-state index in [1.165, 1.54) is 0 Å². The van der Waals surface area contributed by atoms with Crippen LogP contribution in [0.5, 0.6) is 0 Å². The zero-order valence-corrected chi connectivity index (χ0v) is 13.1. The van der Waals surface area contributed by atoms with Crippen LogP contribution in [0.2, 0.25) is 0 Å². The van der Waals surface area contributed by atoms with Crippen molar-refractivity contribution in [3.8, 4) is 5.69 Å². The molecule has 3 nitrogen and oxygen atoms in total. The molecule has 3 heteroatoms. The largest absolute Gasteiger partial charge is 0.384 e. The Hall–Kier alpha value is -2.39. The van der Waals surface area contributed by atoms with Crippen LogP contribution in [0.3, 0.4) is 0 Å². The molecule has 1 aromatic heterocycles. The standard InChI is InChI=1S/C19H20N2O/c1-13-7-8-16(21-10-9-20-12-21)11-17(13)19(22)18-14(2)5-4-6-15(18)3/h4-12,19,22H,1-3H3/t19-/m0/s1. The molecule has 0 radical (unpaired) electrons. The van der Waals surface area contributed by atoms with E-state index < -0.39 is 6.10 Å². The van der Waals surface area contributed by atoms with E-state index in [4.69, 9.17) is 0 Å². The van der Waals surface area contributed by atoms with Crippen molar-refractivity contribution in [1.29, 1.82) is 0 Å². The van der Waals surface area contributed by atoms with Crippen molar-refractivity contribution < 1.29 is 5.11 Å². The molecule has 0 amide bonds. The van der Waals surface area contributed by atoms with Crippen LogP contribution in [0.1, 0.15) is 33.9 Å². The van der Waals surface area contributed by atoms with E-state index >= 15 is 0 Å². The van der Waals surface area contributed by atoms with Gasteiger partial charge in [0.05, 0.1) is 6.33 Å². The van der Waals surface area contributed by atoms with Gasteiger partial charge in [0.2, 0.25) is 0 Å². The molecule has 0 aliphatic carbocycles. The van der Waals surface area contributed by atoms with Gasteiger partial charge in [0.1, 0.15) is 6.10 Å². The number of hydrogen-bond acceptors (Lipinski definition) is 2. The minimum atomic E-state index is -0.621. The molecular formula is C19H20N2O. The summed E-state index contributed by atoms with van der Waals surface area (Å²) in [6, 6.07) is 12.2. The van der Waals surface area contributed by atoms with Gasteiger partial charge in [0.25, 0.3) is 0 Å². The lowest BCUT2D eigenvalue weighted by Gasteiger charge is -2.19. The number of nitrogens with zero attached hydrogens (tertiary/aromatic N) is 2. The first kappa shape index (κ1) is 14.5. The second-order valence-electron chi connectivity index (χ2n) is 5.72. The van der Waals surface area contributed by atoms with Gasteiger partial charge in [-0.3, -0.25) is 0 Å². The molecule has 2 aromatic carbocycles. The van der Waals surface area contributed by atoms with Gasteiger partial charge in [-0.25, -0.2) is 4.98 Å². The summed E-state index contributed by atoms with van der Waals surface area (Å²) < 4.78 is 1.94. The van der Waals surface area contributed by atoms with Gasteiger partial charge in [0.15, 0.2) is 0 Å². The first-order chi connectivity index (χ1) is 10.6. The molecule has 0 aliphatic heterocycles. The van der Waals surface area contributed by atoms with Gasteiger partial charge < -0.3 is 9.67 Å². The maximum Gasteiger partial charge on any atom is 0.105 e. The quantitative estimate of drug-likeness (QED) is 0.795. The van der Waals surface area contributed by atoms with E-state index in [0.29, 0.717) is 0 Å². The molecule has 1 atom stereocenters. The number of aliphatic hydroxyl groups is 1. The maximum atomic E-state index is 10.9. The van der Waals surface area contributed by atoms with E-state index in [2.05, 4.69) is 4.98 Å². The van der Waals surface area contributed by atoms with Crippen LogP contribution in [0, 0.1) is 20.8 Å². The lowest BCUT2D eigenvalue weighted by atomic mass is 9.91. The Balaban J connectivity index is 2.09. The van der Waals surface area contributed by atoms with Crippen LogP contribution in [-0.2, 0) is 0 Å². The van der Waals surface area contributed by atoms with Crippen LogP contribution >= 0.6 is 0 Å². The van der Waals surface area contributed by atoms with Gasteiger partial charge in [-0.15, -0.1) is 0 Å². The minimum Gasteiger partial charge on any atom is -0.384 e. The molecule has 112 valence electrons. The molecule has 0 aliphatic rings. The SMILES string of the molecule is Cc1ccc(-n2ccnc2)cc1[C@H](O)c1c(C)cccc1C. The van der Waals surface area contributed by atoms with Gasteiger partial charge in [-0.1, -0.05) is 24.3 Å². The summed E-state index contributed by atoms with van der Waals surface area (Å²) in [5.74, 6) is 0. The summed E-state index contributed by atoms with van der Waals surface area (Å²) in [5, 5.41) is 10.9. The average Bonchev–Trinajstić information content (AvgIpc) is 3.01. The Bertz CT molecular complexity index is 771. The van der Waals surface area contributed by atoms with Crippen LogP contribution in [-0.4, -0.2) is 14.7 Å². The Morgan fingerprint density at radius 2 is 1.73 bits per heavy atom. The third-order valence-corrected chi connectivity index (χ3v) is 4.18. The maximum absolute atomic E-state index is 10.9. The smallest absolute Gasteiger partial charge is 0.105 e.